The Morgan fingerprint density at radius 2 is 1.84 bits per heavy atom. The lowest BCUT2D eigenvalue weighted by atomic mass is 9.75. The highest BCUT2D eigenvalue weighted by Gasteiger charge is 2.52. The highest BCUT2D eigenvalue weighted by molar-refractivity contribution is 6.62. The molecule has 2 heterocycles. The summed E-state index contributed by atoms with van der Waals surface area (Å²) in [5, 5.41) is 0. The van der Waals surface area contributed by atoms with Gasteiger partial charge in [0, 0.05) is 18.3 Å². The maximum Gasteiger partial charge on any atom is 0.495 e. The van der Waals surface area contributed by atoms with Crippen molar-refractivity contribution in [2.45, 2.75) is 52.2 Å². The lowest BCUT2D eigenvalue weighted by Gasteiger charge is -2.32. The summed E-state index contributed by atoms with van der Waals surface area (Å²) in [4.78, 5) is 4.30. The van der Waals surface area contributed by atoms with E-state index in [1.807, 2.05) is 46.9 Å². The van der Waals surface area contributed by atoms with Crippen molar-refractivity contribution < 1.29 is 9.31 Å². The Kier molecular flexibility index (Phi) is 3.46. The molecule has 2 rings (SSSR count). The Balaban J connectivity index is 2.39. The standard InChI is InChI=1S/C15H20BNO2/c1-7-8-12-10-17-11(2)9-13(12)16-18-14(3,4)15(5,6)19-16/h1,9-10H,8H2,2-6H3. The number of nitrogens with zero attached hydrogens (tertiary/aromatic N) is 1. The minimum Gasteiger partial charge on any atom is -0.399 e. The van der Waals surface area contributed by atoms with Gasteiger partial charge in [-0.25, -0.2) is 0 Å². The van der Waals surface area contributed by atoms with Gasteiger partial charge >= 0.3 is 7.12 Å². The maximum absolute atomic E-state index is 6.07. The highest BCUT2D eigenvalue weighted by atomic mass is 16.7. The van der Waals surface area contributed by atoms with Crippen molar-refractivity contribution in [3.05, 3.63) is 23.5 Å². The molecule has 1 saturated heterocycles. The summed E-state index contributed by atoms with van der Waals surface area (Å²) in [6, 6.07) is 1.99. The third-order valence-corrected chi connectivity index (χ3v) is 3.96. The van der Waals surface area contributed by atoms with Crippen LogP contribution in [-0.4, -0.2) is 23.3 Å². The molecule has 1 fully saturated rings. The van der Waals surface area contributed by atoms with Crippen LogP contribution in [0.1, 0.15) is 39.0 Å². The van der Waals surface area contributed by atoms with E-state index in [0.717, 1.165) is 16.7 Å². The second-order valence-electron chi connectivity index (χ2n) is 5.99. The molecule has 0 radical (unpaired) electrons. The smallest absolute Gasteiger partial charge is 0.399 e. The van der Waals surface area contributed by atoms with Crippen LogP contribution in [-0.2, 0) is 15.7 Å². The molecule has 0 N–H and O–H groups in total. The molecule has 100 valence electrons. The minimum atomic E-state index is -0.380. The van der Waals surface area contributed by atoms with Gasteiger partial charge in [0.05, 0.1) is 11.2 Å². The first-order chi connectivity index (χ1) is 8.77. The first-order valence-electron chi connectivity index (χ1n) is 6.51. The Bertz CT molecular complexity index is 515. The molecule has 1 aliphatic heterocycles. The molecular formula is C15H20BNO2. The molecule has 0 saturated carbocycles. The van der Waals surface area contributed by atoms with Crippen LogP contribution in [0.4, 0.5) is 0 Å². The fraction of sp³-hybridized carbons (Fsp3) is 0.533. The number of aromatic nitrogens is 1. The van der Waals surface area contributed by atoms with Crippen molar-refractivity contribution in [1.82, 2.24) is 4.98 Å². The van der Waals surface area contributed by atoms with Crippen molar-refractivity contribution in [3.8, 4) is 12.3 Å². The van der Waals surface area contributed by atoms with E-state index in [1.54, 1.807) is 0 Å². The zero-order chi connectivity index (χ0) is 14.3. The van der Waals surface area contributed by atoms with Crippen LogP contribution in [0, 0.1) is 19.3 Å². The van der Waals surface area contributed by atoms with Crippen LogP contribution in [0.15, 0.2) is 12.3 Å². The summed E-state index contributed by atoms with van der Waals surface area (Å²) in [6.07, 6.45) is 7.76. The van der Waals surface area contributed by atoms with E-state index < -0.39 is 0 Å². The molecule has 3 nitrogen and oxygen atoms in total. The van der Waals surface area contributed by atoms with Gasteiger partial charge in [-0.2, -0.15) is 0 Å². The van der Waals surface area contributed by atoms with Crippen molar-refractivity contribution in [3.63, 3.8) is 0 Å². The number of aryl methyl sites for hydroxylation is 1. The second-order valence-corrected chi connectivity index (χ2v) is 5.99. The van der Waals surface area contributed by atoms with Crippen molar-refractivity contribution in [1.29, 1.82) is 0 Å². The Labute approximate surface area is 115 Å². The number of hydrogen-bond acceptors (Lipinski definition) is 3. The van der Waals surface area contributed by atoms with Gasteiger partial charge in [-0.15, -0.1) is 12.3 Å². The van der Waals surface area contributed by atoms with Gasteiger partial charge in [0.1, 0.15) is 0 Å². The SMILES string of the molecule is C#CCc1cnc(C)cc1B1OC(C)(C)C(C)(C)O1. The van der Waals surface area contributed by atoms with Gasteiger partial charge in [-0.3, -0.25) is 4.98 Å². The zero-order valence-corrected chi connectivity index (χ0v) is 12.3. The molecule has 0 aliphatic carbocycles. The lowest BCUT2D eigenvalue weighted by Crippen LogP contribution is -2.41. The van der Waals surface area contributed by atoms with Gasteiger partial charge in [0.15, 0.2) is 0 Å². The predicted octanol–water partition coefficient (Wildman–Crippen LogP) is 1.86. The van der Waals surface area contributed by atoms with Crippen molar-refractivity contribution in [2.75, 3.05) is 0 Å². The average Bonchev–Trinajstić information content (AvgIpc) is 2.51. The zero-order valence-electron chi connectivity index (χ0n) is 12.3. The van der Waals surface area contributed by atoms with E-state index in [-0.39, 0.29) is 18.3 Å². The third-order valence-electron chi connectivity index (χ3n) is 3.96. The molecule has 1 aromatic heterocycles. The van der Waals surface area contributed by atoms with E-state index in [2.05, 4.69) is 10.9 Å². The summed E-state index contributed by atoms with van der Waals surface area (Å²) in [7, 11) is -0.380. The molecule has 0 aromatic carbocycles. The molecule has 0 atom stereocenters. The molecule has 19 heavy (non-hydrogen) atoms. The number of terminal acetylenes is 1. The Morgan fingerprint density at radius 3 is 2.37 bits per heavy atom. The van der Waals surface area contributed by atoms with Crippen molar-refractivity contribution >= 4 is 12.6 Å². The summed E-state index contributed by atoms with van der Waals surface area (Å²) in [6.45, 7) is 10.1. The molecule has 0 unspecified atom stereocenters. The largest absolute Gasteiger partial charge is 0.495 e. The van der Waals surface area contributed by atoms with E-state index in [1.165, 1.54) is 0 Å². The fourth-order valence-corrected chi connectivity index (χ4v) is 2.06. The normalized spacial score (nSPS) is 20.3. The number of pyridine rings is 1. The fourth-order valence-electron chi connectivity index (χ4n) is 2.06. The van der Waals surface area contributed by atoms with Gasteiger partial charge < -0.3 is 9.31 Å². The molecule has 0 spiro atoms. The quantitative estimate of drug-likeness (QED) is 0.598. The summed E-state index contributed by atoms with van der Waals surface area (Å²) in [5.74, 6) is 2.66. The van der Waals surface area contributed by atoms with Crippen LogP contribution in [0.5, 0.6) is 0 Å². The van der Waals surface area contributed by atoms with Gasteiger partial charge in [-0.1, -0.05) is 0 Å². The summed E-state index contributed by atoms with van der Waals surface area (Å²) < 4.78 is 12.1. The summed E-state index contributed by atoms with van der Waals surface area (Å²) in [5.41, 5.74) is 2.23. The first kappa shape index (κ1) is 14.1. The predicted molar refractivity (Wildman–Crippen MR) is 77.2 cm³/mol. The molecular weight excluding hydrogens is 237 g/mol. The Hall–Kier alpha value is -1.31. The third kappa shape index (κ3) is 2.54. The molecule has 0 amide bonds. The average molecular weight is 257 g/mol. The second kappa shape index (κ2) is 4.66. The monoisotopic (exact) mass is 257 g/mol. The van der Waals surface area contributed by atoms with E-state index in [0.29, 0.717) is 6.42 Å². The van der Waals surface area contributed by atoms with Crippen LogP contribution >= 0.6 is 0 Å². The van der Waals surface area contributed by atoms with Crippen LogP contribution < -0.4 is 5.46 Å². The molecule has 4 heteroatoms. The first-order valence-corrected chi connectivity index (χ1v) is 6.51. The minimum absolute atomic E-state index is 0.345. The summed E-state index contributed by atoms with van der Waals surface area (Å²) >= 11 is 0. The molecule has 1 aromatic rings. The van der Waals surface area contributed by atoms with Crippen LogP contribution in [0.2, 0.25) is 0 Å². The van der Waals surface area contributed by atoms with E-state index >= 15 is 0 Å². The van der Waals surface area contributed by atoms with Crippen LogP contribution in [0.3, 0.4) is 0 Å². The number of hydrogen-bond donors (Lipinski definition) is 0. The van der Waals surface area contributed by atoms with Gasteiger partial charge in [0.2, 0.25) is 0 Å². The topological polar surface area (TPSA) is 31.4 Å². The number of rotatable bonds is 2. The van der Waals surface area contributed by atoms with E-state index in [9.17, 15) is 0 Å². The maximum atomic E-state index is 6.07. The molecule has 1 aliphatic rings. The van der Waals surface area contributed by atoms with Gasteiger partial charge in [0.25, 0.3) is 0 Å². The molecule has 0 bridgehead atoms. The van der Waals surface area contributed by atoms with Gasteiger partial charge in [-0.05, 0) is 51.7 Å². The highest BCUT2D eigenvalue weighted by Crippen LogP contribution is 2.36. The van der Waals surface area contributed by atoms with E-state index in [4.69, 9.17) is 15.7 Å². The Morgan fingerprint density at radius 1 is 1.26 bits per heavy atom. The lowest BCUT2D eigenvalue weighted by molar-refractivity contribution is 0.00578. The van der Waals surface area contributed by atoms with Crippen LogP contribution in [0.25, 0.3) is 0 Å². The van der Waals surface area contributed by atoms with Crippen molar-refractivity contribution in [2.24, 2.45) is 0 Å².